The van der Waals surface area contributed by atoms with Crippen molar-refractivity contribution in [2.24, 2.45) is 0 Å². The van der Waals surface area contributed by atoms with E-state index >= 15 is 0 Å². The van der Waals surface area contributed by atoms with Gasteiger partial charge in [0.25, 0.3) is 0 Å². The molecule has 0 heterocycles. The second-order valence-electron chi connectivity index (χ2n) is 5.08. The summed E-state index contributed by atoms with van der Waals surface area (Å²) in [6.45, 7) is 2.03. The lowest BCUT2D eigenvalue weighted by Crippen LogP contribution is -2.34. The molecule has 0 spiro atoms. The molecule has 0 aliphatic heterocycles. The summed E-state index contributed by atoms with van der Waals surface area (Å²) in [5.41, 5.74) is 1.43. The molecule has 2 rings (SSSR count). The first-order chi connectivity index (χ1) is 9.55. The van der Waals surface area contributed by atoms with Crippen LogP contribution in [0.5, 0.6) is 0 Å². The van der Waals surface area contributed by atoms with E-state index in [0.29, 0.717) is 6.42 Å². The first kappa shape index (κ1) is 14.7. The summed E-state index contributed by atoms with van der Waals surface area (Å²) in [7, 11) is 1.56. The number of hydrogen-bond donors (Lipinski definition) is 1. The molecular weight excluding hydrogens is 255 g/mol. The van der Waals surface area contributed by atoms with Gasteiger partial charge in [0.15, 0.2) is 0 Å². The molecule has 106 valence electrons. The number of aryl methyl sites for hydroxylation is 1. The third-order valence-electron chi connectivity index (χ3n) is 3.48. The molecule has 2 nitrogen and oxygen atoms in total. The van der Waals surface area contributed by atoms with Crippen LogP contribution < -0.4 is 0 Å². The van der Waals surface area contributed by atoms with Gasteiger partial charge in [-0.05, 0) is 35.7 Å². The molecule has 1 unspecified atom stereocenters. The van der Waals surface area contributed by atoms with Crippen molar-refractivity contribution in [3.8, 4) is 0 Å². The van der Waals surface area contributed by atoms with Gasteiger partial charge in [-0.15, -0.1) is 0 Å². The van der Waals surface area contributed by atoms with Crippen LogP contribution in [-0.2, 0) is 16.8 Å². The van der Waals surface area contributed by atoms with E-state index in [4.69, 9.17) is 4.74 Å². The number of hydrogen-bond acceptors (Lipinski definition) is 2. The lowest BCUT2D eigenvalue weighted by Gasteiger charge is -2.28. The molecule has 0 bridgehead atoms. The predicted molar refractivity (Wildman–Crippen MR) is 77.1 cm³/mol. The van der Waals surface area contributed by atoms with Crippen molar-refractivity contribution in [2.75, 3.05) is 13.7 Å². The Morgan fingerprint density at radius 1 is 1.15 bits per heavy atom. The van der Waals surface area contributed by atoms with Gasteiger partial charge in [0.2, 0.25) is 0 Å². The number of methoxy groups -OCH3 is 1. The molecular formula is C17H19FO2. The zero-order valence-electron chi connectivity index (χ0n) is 11.8. The molecule has 0 aliphatic carbocycles. The molecule has 1 N–H and O–H groups in total. The molecule has 0 radical (unpaired) electrons. The standard InChI is InChI=1S/C17H19FO2/c1-13-10-16(18)9-8-14(13)11-17(19,12-20-2)15-6-4-3-5-7-15/h3-10,19H,11-12H2,1-2H3. The van der Waals surface area contributed by atoms with E-state index in [2.05, 4.69) is 0 Å². The van der Waals surface area contributed by atoms with Gasteiger partial charge in [-0.1, -0.05) is 36.4 Å². The van der Waals surface area contributed by atoms with Crippen molar-refractivity contribution in [1.29, 1.82) is 0 Å². The Morgan fingerprint density at radius 2 is 1.85 bits per heavy atom. The van der Waals surface area contributed by atoms with E-state index in [1.54, 1.807) is 13.2 Å². The Bertz CT molecular complexity index is 568. The molecule has 0 saturated carbocycles. The Balaban J connectivity index is 2.34. The van der Waals surface area contributed by atoms with Crippen LogP contribution >= 0.6 is 0 Å². The summed E-state index contributed by atoms with van der Waals surface area (Å²) in [5, 5.41) is 10.9. The maximum Gasteiger partial charge on any atom is 0.123 e. The average molecular weight is 274 g/mol. The molecule has 0 saturated heterocycles. The van der Waals surface area contributed by atoms with Crippen LogP contribution in [-0.4, -0.2) is 18.8 Å². The van der Waals surface area contributed by atoms with Crippen LogP contribution in [0.1, 0.15) is 16.7 Å². The first-order valence-corrected chi connectivity index (χ1v) is 6.57. The van der Waals surface area contributed by atoms with Crippen molar-refractivity contribution in [3.63, 3.8) is 0 Å². The summed E-state index contributed by atoms with van der Waals surface area (Å²) in [6, 6.07) is 14.0. The maximum absolute atomic E-state index is 13.2. The van der Waals surface area contributed by atoms with Gasteiger partial charge in [-0.25, -0.2) is 4.39 Å². The van der Waals surface area contributed by atoms with Gasteiger partial charge < -0.3 is 9.84 Å². The SMILES string of the molecule is COCC(O)(Cc1ccc(F)cc1C)c1ccccc1. The highest BCUT2D eigenvalue weighted by molar-refractivity contribution is 5.31. The van der Waals surface area contributed by atoms with Crippen LogP contribution in [0.25, 0.3) is 0 Å². The third-order valence-corrected chi connectivity index (χ3v) is 3.48. The van der Waals surface area contributed by atoms with Crippen LogP contribution in [0.4, 0.5) is 4.39 Å². The Kier molecular flexibility index (Phi) is 4.53. The van der Waals surface area contributed by atoms with Gasteiger partial charge in [0, 0.05) is 13.5 Å². The highest BCUT2D eigenvalue weighted by Gasteiger charge is 2.30. The molecule has 0 aromatic heterocycles. The fourth-order valence-corrected chi connectivity index (χ4v) is 2.40. The van der Waals surface area contributed by atoms with Gasteiger partial charge in [0.1, 0.15) is 11.4 Å². The number of ether oxygens (including phenoxy) is 1. The zero-order chi connectivity index (χ0) is 14.6. The van der Waals surface area contributed by atoms with Crippen molar-refractivity contribution in [1.82, 2.24) is 0 Å². The minimum Gasteiger partial charge on any atom is -0.382 e. The summed E-state index contributed by atoms with van der Waals surface area (Å²) in [4.78, 5) is 0. The van der Waals surface area contributed by atoms with Gasteiger partial charge >= 0.3 is 0 Å². The number of aliphatic hydroxyl groups is 1. The molecule has 2 aromatic rings. The zero-order valence-corrected chi connectivity index (χ0v) is 11.8. The maximum atomic E-state index is 13.2. The van der Waals surface area contributed by atoms with Gasteiger partial charge in [-0.2, -0.15) is 0 Å². The quantitative estimate of drug-likeness (QED) is 0.907. The van der Waals surface area contributed by atoms with Crippen LogP contribution in [0.2, 0.25) is 0 Å². The van der Waals surface area contributed by atoms with E-state index < -0.39 is 5.60 Å². The highest BCUT2D eigenvalue weighted by atomic mass is 19.1. The molecule has 0 fully saturated rings. The molecule has 3 heteroatoms. The van der Waals surface area contributed by atoms with Crippen molar-refractivity contribution >= 4 is 0 Å². The van der Waals surface area contributed by atoms with E-state index in [1.165, 1.54) is 12.1 Å². The smallest absolute Gasteiger partial charge is 0.123 e. The Morgan fingerprint density at radius 3 is 2.45 bits per heavy atom. The predicted octanol–water partition coefficient (Wildman–Crippen LogP) is 3.21. The van der Waals surface area contributed by atoms with Crippen LogP contribution in [0, 0.1) is 12.7 Å². The van der Waals surface area contributed by atoms with E-state index in [1.807, 2.05) is 37.3 Å². The third kappa shape index (κ3) is 3.24. The van der Waals surface area contributed by atoms with Crippen LogP contribution in [0.15, 0.2) is 48.5 Å². The number of rotatable bonds is 5. The Hall–Kier alpha value is -1.71. The highest BCUT2D eigenvalue weighted by Crippen LogP contribution is 2.27. The fourth-order valence-electron chi connectivity index (χ4n) is 2.40. The van der Waals surface area contributed by atoms with Crippen molar-refractivity contribution < 1.29 is 14.2 Å². The second-order valence-corrected chi connectivity index (χ2v) is 5.08. The largest absolute Gasteiger partial charge is 0.382 e. The second kappa shape index (κ2) is 6.16. The first-order valence-electron chi connectivity index (χ1n) is 6.57. The molecule has 20 heavy (non-hydrogen) atoms. The lowest BCUT2D eigenvalue weighted by molar-refractivity contribution is -0.0356. The summed E-state index contributed by atoms with van der Waals surface area (Å²) < 4.78 is 18.3. The molecule has 1 atom stereocenters. The number of halogens is 1. The van der Waals surface area contributed by atoms with Crippen LogP contribution in [0.3, 0.4) is 0 Å². The average Bonchev–Trinajstić information content (AvgIpc) is 2.43. The summed E-state index contributed by atoms with van der Waals surface area (Å²) >= 11 is 0. The minimum atomic E-state index is -1.11. The summed E-state index contributed by atoms with van der Waals surface area (Å²) in [6.07, 6.45) is 0.386. The topological polar surface area (TPSA) is 29.5 Å². The van der Waals surface area contributed by atoms with Crippen molar-refractivity contribution in [2.45, 2.75) is 18.9 Å². The minimum absolute atomic E-state index is 0.188. The lowest BCUT2D eigenvalue weighted by atomic mass is 9.86. The van der Waals surface area contributed by atoms with Gasteiger partial charge in [-0.3, -0.25) is 0 Å². The van der Waals surface area contributed by atoms with Gasteiger partial charge in [0.05, 0.1) is 6.61 Å². The monoisotopic (exact) mass is 274 g/mol. The van der Waals surface area contributed by atoms with E-state index in [9.17, 15) is 9.50 Å². The van der Waals surface area contributed by atoms with E-state index in [0.717, 1.165) is 16.7 Å². The van der Waals surface area contributed by atoms with E-state index in [-0.39, 0.29) is 12.4 Å². The normalized spacial score (nSPS) is 14.0. The Labute approximate surface area is 118 Å². The molecule has 0 aliphatic rings. The fraction of sp³-hybridized carbons (Fsp3) is 0.294. The number of benzene rings is 2. The van der Waals surface area contributed by atoms with Crippen molar-refractivity contribution in [3.05, 3.63) is 71.0 Å². The summed E-state index contributed by atoms with van der Waals surface area (Å²) in [5.74, 6) is -0.263. The molecule has 2 aromatic carbocycles. The molecule has 0 amide bonds.